The highest BCUT2D eigenvalue weighted by molar-refractivity contribution is 9.31. The molecular weight excluding hydrogens is 376 g/mol. The normalized spacial score (nSPS) is 12.9. The van der Waals surface area contributed by atoms with Gasteiger partial charge in [0.15, 0.2) is 0 Å². The van der Waals surface area contributed by atoms with Crippen molar-refractivity contribution in [3.63, 3.8) is 0 Å². The maximum atomic E-state index is 4.09. The summed E-state index contributed by atoms with van der Waals surface area (Å²) in [6, 6.07) is 0. The van der Waals surface area contributed by atoms with E-state index in [1.165, 1.54) is 0 Å². The van der Waals surface area contributed by atoms with Gasteiger partial charge in [-0.15, -0.1) is 12.6 Å². The zero-order valence-corrected chi connectivity index (χ0v) is 10.3. The molecular formula is C2H2Br4S. The Labute approximate surface area is 81.7 Å². The molecule has 0 rings (SSSR count). The number of alkyl halides is 4. The van der Waals surface area contributed by atoms with Crippen molar-refractivity contribution in [2.24, 2.45) is 0 Å². The molecule has 0 radical (unpaired) electrons. The van der Waals surface area contributed by atoms with Crippen LogP contribution in [0.5, 0.6) is 0 Å². The van der Waals surface area contributed by atoms with Gasteiger partial charge < -0.3 is 0 Å². The second-order valence-electron chi connectivity index (χ2n) is 0.888. The summed E-state index contributed by atoms with van der Waals surface area (Å²) in [7, 11) is 0. The molecule has 0 nitrogen and oxygen atoms in total. The van der Waals surface area contributed by atoms with Gasteiger partial charge in [-0.25, -0.2) is 0 Å². The molecule has 0 unspecified atom stereocenters. The lowest BCUT2D eigenvalue weighted by Gasteiger charge is -2.12. The third-order valence-corrected chi connectivity index (χ3v) is 5.98. The molecule has 0 N–H and O–H groups in total. The largest absolute Gasteiger partial charge is 0.148 e. The molecule has 44 valence electrons. The monoisotopic (exact) mass is 374 g/mol. The van der Waals surface area contributed by atoms with Crippen LogP contribution in [-0.2, 0) is 0 Å². The van der Waals surface area contributed by atoms with Gasteiger partial charge >= 0.3 is 0 Å². The minimum atomic E-state index is -0.347. The Balaban J connectivity index is 3.54. The number of thiol groups is 1. The lowest BCUT2D eigenvalue weighted by atomic mass is 11.0. The summed E-state index contributed by atoms with van der Waals surface area (Å²) in [6.45, 7) is 0. The summed E-state index contributed by atoms with van der Waals surface area (Å²) >= 11 is 17.0. The minimum absolute atomic E-state index is 0.121. The van der Waals surface area contributed by atoms with E-state index in [4.69, 9.17) is 0 Å². The third-order valence-electron chi connectivity index (χ3n) is 0.263. The molecule has 0 aromatic rings. The van der Waals surface area contributed by atoms with Crippen LogP contribution in [0, 0.1) is 0 Å². The van der Waals surface area contributed by atoms with Crippen molar-refractivity contribution < 1.29 is 0 Å². The minimum Gasteiger partial charge on any atom is -0.148 e. The van der Waals surface area contributed by atoms with Gasteiger partial charge in [-0.3, -0.25) is 0 Å². The molecule has 0 heterocycles. The fourth-order valence-corrected chi connectivity index (χ4v) is 0. The van der Waals surface area contributed by atoms with Gasteiger partial charge in [0.25, 0.3) is 0 Å². The number of halogens is 4. The SMILES string of the molecule is SC(Br)(Br)C(Br)Br. The Morgan fingerprint density at radius 3 is 1.43 bits per heavy atom. The van der Waals surface area contributed by atoms with Crippen LogP contribution in [0.25, 0.3) is 0 Å². The first-order valence-electron chi connectivity index (χ1n) is 1.33. The Hall–Kier alpha value is 2.27. The predicted molar refractivity (Wildman–Crippen MR) is 51.2 cm³/mol. The molecule has 0 aromatic carbocycles. The van der Waals surface area contributed by atoms with Crippen molar-refractivity contribution in [1.29, 1.82) is 0 Å². The van der Waals surface area contributed by atoms with Crippen LogP contribution in [0.2, 0.25) is 0 Å². The quantitative estimate of drug-likeness (QED) is 0.525. The molecule has 0 aliphatic carbocycles. The zero-order valence-electron chi connectivity index (χ0n) is 3.04. The molecule has 0 aliphatic heterocycles. The van der Waals surface area contributed by atoms with Crippen LogP contribution >= 0.6 is 76.3 Å². The average Bonchev–Trinajstić information content (AvgIpc) is 1.31. The lowest BCUT2D eigenvalue weighted by molar-refractivity contribution is 1.38. The van der Waals surface area contributed by atoms with Crippen LogP contribution in [0.3, 0.4) is 0 Å². The summed E-state index contributed by atoms with van der Waals surface area (Å²) in [5, 5.41) is 0. The Morgan fingerprint density at radius 2 is 1.43 bits per heavy atom. The molecule has 0 saturated heterocycles. The van der Waals surface area contributed by atoms with Crippen molar-refractivity contribution in [2.75, 3.05) is 0 Å². The predicted octanol–water partition coefficient (Wildman–Crippen LogP) is 3.48. The Kier molecular flexibility index (Phi) is 4.56. The molecule has 5 heteroatoms. The second-order valence-corrected chi connectivity index (χ2v) is 9.45. The van der Waals surface area contributed by atoms with Crippen LogP contribution in [0.4, 0.5) is 0 Å². The number of hydrogen-bond acceptors (Lipinski definition) is 1. The average molecular weight is 378 g/mol. The topological polar surface area (TPSA) is 0 Å². The van der Waals surface area contributed by atoms with Crippen molar-refractivity contribution in [1.82, 2.24) is 0 Å². The first-order chi connectivity index (χ1) is 2.94. The molecule has 0 bridgehead atoms. The van der Waals surface area contributed by atoms with Gasteiger partial charge in [0, 0.05) is 0 Å². The lowest BCUT2D eigenvalue weighted by Crippen LogP contribution is -2.09. The van der Waals surface area contributed by atoms with Crippen molar-refractivity contribution in [3.05, 3.63) is 0 Å². The molecule has 0 amide bonds. The van der Waals surface area contributed by atoms with Gasteiger partial charge in [-0.1, -0.05) is 63.7 Å². The van der Waals surface area contributed by atoms with Gasteiger partial charge in [0.1, 0.15) is 6.30 Å². The van der Waals surface area contributed by atoms with E-state index >= 15 is 0 Å². The van der Waals surface area contributed by atoms with E-state index in [9.17, 15) is 0 Å². The summed E-state index contributed by atoms with van der Waals surface area (Å²) in [5.41, 5.74) is 0. The standard InChI is InChI=1S/C2H2Br4S/c3-1(4)2(5,6)7/h1,7H. The van der Waals surface area contributed by atoms with E-state index in [0.717, 1.165) is 0 Å². The molecule has 0 aliphatic rings. The van der Waals surface area contributed by atoms with Crippen LogP contribution in [-0.4, -0.2) is 6.30 Å². The van der Waals surface area contributed by atoms with E-state index in [1.807, 2.05) is 0 Å². The highest BCUT2D eigenvalue weighted by Crippen LogP contribution is 2.41. The highest BCUT2D eigenvalue weighted by atomic mass is 79.9. The van der Waals surface area contributed by atoms with E-state index in [0.29, 0.717) is 0 Å². The van der Waals surface area contributed by atoms with Gasteiger partial charge in [0.2, 0.25) is 0 Å². The van der Waals surface area contributed by atoms with Gasteiger partial charge in [-0.05, 0) is 0 Å². The zero-order chi connectivity index (χ0) is 6.08. The first-order valence-corrected chi connectivity index (χ1v) is 5.19. The number of hydrogen-bond donors (Lipinski definition) is 1. The highest BCUT2D eigenvalue weighted by Gasteiger charge is 2.23. The summed E-state index contributed by atoms with van der Waals surface area (Å²) in [5.74, 6) is 0. The van der Waals surface area contributed by atoms with Crippen LogP contribution < -0.4 is 0 Å². The molecule has 0 aromatic heterocycles. The maximum Gasteiger partial charge on any atom is 0.145 e. The number of rotatable bonds is 1. The molecule has 0 atom stereocenters. The van der Waals surface area contributed by atoms with Crippen LogP contribution in [0.15, 0.2) is 0 Å². The fourth-order valence-electron chi connectivity index (χ4n) is 0. The summed E-state index contributed by atoms with van der Waals surface area (Å²) in [4.78, 5) is 0. The molecule has 0 spiro atoms. The third kappa shape index (κ3) is 4.75. The maximum absolute atomic E-state index is 4.09. The van der Waals surface area contributed by atoms with Crippen molar-refractivity contribution >= 4 is 76.3 Å². The first kappa shape index (κ1) is 9.27. The smallest absolute Gasteiger partial charge is 0.145 e. The van der Waals surface area contributed by atoms with Gasteiger partial charge in [0.05, 0.1) is 0 Å². The van der Waals surface area contributed by atoms with Crippen molar-refractivity contribution in [2.45, 2.75) is 6.30 Å². The van der Waals surface area contributed by atoms with E-state index in [-0.39, 0.29) is 6.30 Å². The second kappa shape index (κ2) is 3.44. The Bertz CT molecular complexity index is 55.2. The summed E-state index contributed by atoms with van der Waals surface area (Å²) in [6.07, 6.45) is 0. The van der Waals surface area contributed by atoms with Crippen LogP contribution in [0.1, 0.15) is 0 Å². The Morgan fingerprint density at radius 1 is 1.29 bits per heavy atom. The van der Waals surface area contributed by atoms with E-state index in [2.05, 4.69) is 76.3 Å². The van der Waals surface area contributed by atoms with Gasteiger partial charge in [-0.2, -0.15) is 0 Å². The molecule has 0 fully saturated rings. The van der Waals surface area contributed by atoms with E-state index in [1.54, 1.807) is 0 Å². The molecule has 7 heavy (non-hydrogen) atoms. The van der Waals surface area contributed by atoms with E-state index < -0.39 is 0 Å². The molecule has 0 saturated carbocycles. The summed E-state index contributed by atoms with van der Waals surface area (Å²) < 4.78 is -0.226. The van der Waals surface area contributed by atoms with Crippen molar-refractivity contribution in [3.8, 4) is 0 Å². The fraction of sp³-hybridized carbons (Fsp3) is 1.00.